The van der Waals surface area contributed by atoms with Gasteiger partial charge in [-0.3, -0.25) is 4.79 Å². The summed E-state index contributed by atoms with van der Waals surface area (Å²) in [4.78, 5) is 15.9. The zero-order valence-corrected chi connectivity index (χ0v) is 14.2. The highest BCUT2D eigenvalue weighted by Gasteiger charge is 2.04. The highest BCUT2D eigenvalue weighted by molar-refractivity contribution is 7.99. The van der Waals surface area contributed by atoms with E-state index in [1.54, 1.807) is 11.8 Å². The summed E-state index contributed by atoms with van der Waals surface area (Å²) >= 11 is 1.56. The Morgan fingerprint density at radius 1 is 1.38 bits per heavy atom. The molecule has 0 aliphatic heterocycles. The smallest absolute Gasteiger partial charge is 0.230 e. The van der Waals surface area contributed by atoms with Crippen LogP contribution < -0.4 is 11.1 Å². The first-order valence-corrected chi connectivity index (χ1v) is 7.33. The second kappa shape index (κ2) is 9.89. The van der Waals surface area contributed by atoms with Gasteiger partial charge in [0.15, 0.2) is 0 Å². The predicted molar refractivity (Wildman–Crippen MR) is 92.7 cm³/mol. The lowest BCUT2D eigenvalue weighted by Gasteiger charge is -2.01. The molecule has 0 saturated heterocycles. The molecular formula is C13H20Cl2N4OS. The van der Waals surface area contributed by atoms with Crippen LogP contribution >= 0.6 is 36.6 Å². The average molecular weight is 351 g/mol. The first-order valence-electron chi connectivity index (χ1n) is 6.18. The van der Waals surface area contributed by atoms with Crippen molar-refractivity contribution in [2.45, 2.75) is 12.7 Å². The number of hydrogen-bond donors (Lipinski definition) is 2. The van der Waals surface area contributed by atoms with Crippen molar-refractivity contribution in [3.05, 3.63) is 35.8 Å². The molecule has 21 heavy (non-hydrogen) atoms. The Morgan fingerprint density at radius 3 is 2.86 bits per heavy atom. The van der Waals surface area contributed by atoms with Crippen LogP contribution in [-0.2, 0) is 10.5 Å². The van der Waals surface area contributed by atoms with Gasteiger partial charge in [-0.25, -0.2) is 4.98 Å². The fourth-order valence-corrected chi connectivity index (χ4v) is 2.47. The highest BCUT2D eigenvalue weighted by atomic mass is 35.5. The molecule has 2 heterocycles. The minimum absolute atomic E-state index is 0. The number of thioether (sulfide) groups is 1. The summed E-state index contributed by atoms with van der Waals surface area (Å²) in [6.07, 6.45) is 4.05. The van der Waals surface area contributed by atoms with E-state index in [0.717, 1.165) is 17.1 Å². The molecule has 0 saturated carbocycles. The van der Waals surface area contributed by atoms with Crippen molar-refractivity contribution in [1.29, 1.82) is 0 Å². The summed E-state index contributed by atoms with van der Waals surface area (Å²) in [6.45, 7) is 3.06. The third-order valence-corrected chi connectivity index (χ3v) is 3.56. The quantitative estimate of drug-likeness (QED) is 0.832. The number of fused-ring (bicyclic) bond motifs is 1. The van der Waals surface area contributed by atoms with Crippen molar-refractivity contribution in [3.8, 4) is 0 Å². The number of amides is 1. The van der Waals surface area contributed by atoms with Crippen LogP contribution in [0.1, 0.15) is 11.3 Å². The molecule has 2 rings (SSSR count). The third kappa shape index (κ3) is 6.13. The average Bonchev–Trinajstić information content (AvgIpc) is 2.78. The van der Waals surface area contributed by atoms with E-state index in [9.17, 15) is 4.79 Å². The zero-order chi connectivity index (χ0) is 13.7. The molecule has 118 valence electrons. The number of nitrogens with two attached hydrogens (primary N) is 1. The van der Waals surface area contributed by atoms with E-state index in [1.165, 1.54) is 5.56 Å². The van der Waals surface area contributed by atoms with Gasteiger partial charge in [-0.05, 0) is 18.6 Å². The third-order valence-electron chi connectivity index (χ3n) is 2.60. The molecule has 0 fully saturated rings. The number of carbonyl (C=O) groups excluding carboxylic acids is 1. The Kier molecular flexibility index (Phi) is 9.44. The van der Waals surface area contributed by atoms with E-state index in [2.05, 4.69) is 17.2 Å². The molecule has 0 radical (unpaired) electrons. The lowest BCUT2D eigenvalue weighted by molar-refractivity contribution is -0.118. The second-order valence-corrected chi connectivity index (χ2v) is 5.32. The van der Waals surface area contributed by atoms with Gasteiger partial charge in [0.2, 0.25) is 5.91 Å². The maximum absolute atomic E-state index is 11.4. The summed E-state index contributed by atoms with van der Waals surface area (Å²) in [6, 6.07) is 4.04. The number of carbonyl (C=O) groups is 1. The molecule has 2 aromatic rings. The molecule has 8 heteroatoms. The molecule has 5 nitrogen and oxygen atoms in total. The SMILES string of the molecule is Cc1ccc2nc(CSCC(=O)NCCN)cn2c1.Cl.Cl. The van der Waals surface area contributed by atoms with Gasteiger partial charge in [-0.15, -0.1) is 36.6 Å². The Balaban J connectivity index is 0.00000200. The molecule has 0 aliphatic rings. The van der Waals surface area contributed by atoms with Crippen molar-refractivity contribution >= 4 is 48.1 Å². The molecule has 0 atom stereocenters. The Labute approximate surface area is 140 Å². The topological polar surface area (TPSA) is 72.4 Å². The van der Waals surface area contributed by atoms with E-state index < -0.39 is 0 Å². The van der Waals surface area contributed by atoms with Crippen LogP contribution in [0, 0.1) is 6.92 Å². The van der Waals surface area contributed by atoms with Crippen molar-refractivity contribution in [2.24, 2.45) is 5.73 Å². The van der Waals surface area contributed by atoms with E-state index in [4.69, 9.17) is 5.73 Å². The minimum Gasteiger partial charge on any atom is -0.354 e. The van der Waals surface area contributed by atoms with Crippen LogP contribution in [0.5, 0.6) is 0 Å². The van der Waals surface area contributed by atoms with Gasteiger partial charge in [-0.1, -0.05) is 6.07 Å². The monoisotopic (exact) mass is 350 g/mol. The molecule has 0 aromatic carbocycles. The maximum Gasteiger partial charge on any atom is 0.230 e. The number of rotatable bonds is 6. The molecule has 0 bridgehead atoms. The fourth-order valence-electron chi connectivity index (χ4n) is 1.74. The van der Waals surface area contributed by atoms with Crippen LogP contribution in [0.25, 0.3) is 5.65 Å². The number of nitrogens with one attached hydrogen (secondary N) is 1. The van der Waals surface area contributed by atoms with Crippen LogP contribution in [0.15, 0.2) is 24.5 Å². The van der Waals surface area contributed by atoms with E-state index in [-0.39, 0.29) is 30.7 Å². The minimum atomic E-state index is 0. The number of aryl methyl sites for hydroxylation is 1. The van der Waals surface area contributed by atoms with Gasteiger partial charge in [0, 0.05) is 31.2 Å². The number of imidazole rings is 1. The lowest BCUT2D eigenvalue weighted by Crippen LogP contribution is -2.30. The summed E-state index contributed by atoms with van der Waals surface area (Å²) < 4.78 is 2.01. The molecule has 3 N–H and O–H groups in total. The Hall–Kier alpha value is -0.950. The first kappa shape index (κ1) is 20.1. The molecule has 0 spiro atoms. The normalized spacial score (nSPS) is 9.81. The Bertz CT molecular complexity index is 576. The summed E-state index contributed by atoms with van der Waals surface area (Å²) in [5.74, 6) is 1.19. The summed E-state index contributed by atoms with van der Waals surface area (Å²) in [7, 11) is 0. The van der Waals surface area contributed by atoms with Gasteiger partial charge in [0.05, 0.1) is 11.4 Å². The van der Waals surface area contributed by atoms with Crippen LogP contribution in [0.2, 0.25) is 0 Å². The van der Waals surface area contributed by atoms with E-state index in [0.29, 0.717) is 18.8 Å². The van der Waals surface area contributed by atoms with E-state index >= 15 is 0 Å². The standard InChI is InChI=1S/C13H18N4OS.2ClH/c1-10-2-3-12-16-11(7-17(12)6-10)8-19-9-13(18)15-5-4-14;;/h2-3,6-7H,4-5,8-9,14H2,1H3,(H,15,18);2*1H. The maximum atomic E-state index is 11.4. The predicted octanol–water partition coefficient (Wildman–Crippen LogP) is 1.79. The molecule has 0 aliphatic carbocycles. The number of aromatic nitrogens is 2. The number of pyridine rings is 1. The number of nitrogens with zero attached hydrogens (tertiary/aromatic N) is 2. The Morgan fingerprint density at radius 2 is 2.14 bits per heavy atom. The van der Waals surface area contributed by atoms with Crippen molar-refractivity contribution in [2.75, 3.05) is 18.8 Å². The van der Waals surface area contributed by atoms with Gasteiger partial charge in [-0.2, -0.15) is 0 Å². The second-order valence-electron chi connectivity index (χ2n) is 4.34. The molecular weight excluding hydrogens is 331 g/mol. The largest absolute Gasteiger partial charge is 0.354 e. The summed E-state index contributed by atoms with van der Waals surface area (Å²) in [5, 5.41) is 2.74. The van der Waals surface area contributed by atoms with Gasteiger partial charge in [0.1, 0.15) is 5.65 Å². The van der Waals surface area contributed by atoms with Crippen LogP contribution in [-0.4, -0.2) is 34.1 Å². The number of hydrogen-bond acceptors (Lipinski definition) is 4. The zero-order valence-electron chi connectivity index (χ0n) is 11.7. The lowest BCUT2D eigenvalue weighted by atomic mass is 10.3. The van der Waals surface area contributed by atoms with Crippen LogP contribution in [0.4, 0.5) is 0 Å². The number of halogens is 2. The van der Waals surface area contributed by atoms with Crippen molar-refractivity contribution in [3.63, 3.8) is 0 Å². The van der Waals surface area contributed by atoms with E-state index in [1.807, 2.05) is 28.9 Å². The molecule has 1 amide bonds. The summed E-state index contributed by atoms with van der Waals surface area (Å²) in [5.41, 5.74) is 8.44. The van der Waals surface area contributed by atoms with Crippen molar-refractivity contribution in [1.82, 2.24) is 14.7 Å². The molecule has 2 aromatic heterocycles. The van der Waals surface area contributed by atoms with Gasteiger partial charge < -0.3 is 15.5 Å². The van der Waals surface area contributed by atoms with Gasteiger partial charge >= 0.3 is 0 Å². The highest BCUT2D eigenvalue weighted by Crippen LogP contribution is 2.13. The fraction of sp³-hybridized carbons (Fsp3) is 0.385. The first-order chi connectivity index (χ1) is 9.19. The molecule has 0 unspecified atom stereocenters. The van der Waals surface area contributed by atoms with Gasteiger partial charge in [0.25, 0.3) is 0 Å². The van der Waals surface area contributed by atoms with Crippen LogP contribution in [0.3, 0.4) is 0 Å². The van der Waals surface area contributed by atoms with Crippen molar-refractivity contribution < 1.29 is 4.79 Å².